The maximum atomic E-state index is 5.50. The molecule has 3 heteroatoms. The van der Waals surface area contributed by atoms with Crippen molar-refractivity contribution in [1.29, 1.82) is 0 Å². The van der Waals surface area contributed by atoms with Crippen molar-refractivity contribution in [2.75, 3.05) is 33.0 Å². The first kappa shape index (κ1) is 13.9. The van der Waals surface area contributed by atoms with E-state index in [9.17, 15) is 0 Å². The monoisotopic (exact) mass is 203 g/mol. The molecule has 0 rings (SSSR count). The summed E-state index contributed by atoms with van der Waals surface area (Å²) < 4.78 is 10.7. The molecular formula is C11H25NO2. The molecule has 2 N–H and O–H groups in total. The van der Waals surface area contributed by atoms with Crippen LogP contribution in [0.3, 0.4) is 0 Å². The van der Waals surface area contributed by atoms with Gasteiger partial charge in [0.1, 0.15) is 0 Å². The molecule has 0 aromatic rings. The molecule has 14 heavy (non-hydrogen) atoms. The quantitative estimate of drug-likeness (QED) is 0.640. The minimum Gasteiger partial charge on any atom is -0.379 e. The van der Waals surface area contributed by atoms with E-state index in [4.69, 9.17) is 15.2 Å². The van der Waals surface area contributed by atoms with Crippen molar-refractivity contribution >= 4 is 0 Å². The Kier molecular flexibility index (Phi) is 7.15. The second-order valence-corrected chi connectivity index (χ2v) is 4.74. The van der Waals surface area contributed by atoms with E-state index in [-0.39, 0.29) is 0 Å². The number of rotatable bonds is 7. The summed E-state index contributed by atoms with van der Waals surface area (Å²) in [6, 6.07) is 0. The van der Waals surface area contributed by atoms with E-state index in [0.29, 0.717) is 37.7 Å². The lowest BCUT2D eigenvalue weighted by molar-refractivity contribution is 0.0197. The average molecular weight is 203 g/mol. The summed E-state index contributed by atoms with van der Waals surface area (Å²) in [4.78, 5) is 0. The van der Waals surface area contributed by atoms with E-state index >= 15 is 0 Å². The van der Waals surface area contributed by atoms with Gasteiger partial charge in [-0.2, -0.15) is 0 Å². The Bertz CT molecular complexity index is 132. The maximum absolute atomic E-state index is 5.50. The van der Waals surface area contributed by atoms with Crippen molar-refractivity contribution in [3.63, 3.8) is 0 Å². The lowest BCUT2D eigenvalue weighted by Gasteiger charge is -2.26. The highest BCUT2D eigenvalue weighted by Crippen LogP contribution is 2.25. The Morgan fingerprint density at radius 3 is 2.14 bits per heavy atom. The Morgan fingerprint density at radius 1 is 1.07 bits per heavy atom. The van der Waals surface area contributed by atoms with Gasteiger partial charge in [0.15, 0.2) is 0 Å². The lowest BCUT2D eigenvalue weighted by Crippen LogP contribution is -2.23. The van der Waals surface area contributed by atoms with Crippen LogP contribution in [0.4, 0.5) is 0 Å². The third kappa shape index (κ3) is 7.30. The number of ether oxygens (including phenoxy) is 2. The molecule has 0 aromatic carbocycles. The van der Waals surface area contributed by atoms with Crippen molar-refractivity contribution in [2.45, 2.75) is 27.7 Å². The van der Waals surface area contributed by atoms with Crippen LogP contribution in [0, 0.1) is 11.3 Å². The molecule has 0 saturated carbocycles. The van der Waals surface area contributed by atoms with E-state index in [1.54, 1.807) is 0 Å². The third-order valence-corrected chi connectivity index (χ3v) is 2.48. The molecule has 0 aliphatic heterocycles. The van der Waals surface area contributed by atoms with Gasteiger partial charge in [-0.25, -0.2) is 0 Å². The van der Waals surface area contributed by atoms with Crippen molar-refractivity contribution in [2.24, 2.45) is 17.1 Å². The Morgan fingerprint density at radius 2 is 1.64 bits per heavy atom. The second-order valence-electron chi connectivity index (χ2n) is 4.74. The Balaban J connectivity index is 3.28. The van der Waals surface area contributed by atoms with Crippen LogP contribution in [0.15, 0.2) is 0 Å². The third-order valence-electron chi connectivity index (χ3n) is 2.48. The summed E-state index contributed by atoms with van der Waals surface area (Å²) in [6.45, 7) is 12.2. The van der Waals surface area contributed by atoms with Crippen LogP contribution in [0.25, 0.3) is 0 Å². The Labute approximate surface area is 88.0 Å². The predicted octanol–water partition coefficient (Wildman–Crippen LogP) is 1.66. The molecule has 0 bridgehead atoms. The van der Waals surface area contributed by atoms with Crippen molar-refractivity contribution < 1.29 is 9.47 Å². The van der Waals surface area contributed by atoms with Crippen LogP contribution < -0.4 is 5.73 Å². The zero-order valence-electron chi connectivity index (χ0n) is 10.0. The van der Waals surface area contributed by atoms with Crippen LogP contribution in [0.2, 0.25) is 0 Å². The summed E-state index contributed by atoms with van der Waals surface area (Å²) in [6.07, 6.45) is 0. The minimum atomic E-state index is 0.318. The van der Waals surface area contributed by atoms with Crippen LogP contribution in [-0.2, 0) is 9.47 Å². The van der Waals surface area contributed by atoms with Gasteiger partial charge in [-0.1, -0.05) is 27.7 Å². The maximum Gasteiger partial charge on any atom is 0.0701 e. The molecular weight excluding hydrogens is 178 g/mol. The molecule has 3 nitrogen and oxygen atoms in total. The van der Waals surface area contributed by atoms with Crippen molar-refractivity contribution in [3.05, 3.63) is 0 Å². The molecule has 0 heterocycles. The molecule has 0 amide bonds. The lowest BCUT2D eigenvalue weighted by atomic mass is 9.83. The second kappa shape index (κ2) is 7.21. The number of nitrogens with two attached hydrogens (primary N) is 1. The van der Waals surface area contributed by atoms with Gasteiger partial charge in [0.25, 0.3) is 0 Å². The van der Waals surface area contributed by atoms with Gasteiger partial charge in [0.05, 0.1) is 19.8 Å². The molecule has 0 unspecified atom stereocenters. The molecule has 0 radical (unpaired) electrons. The Hall–Kier alpha value is -0.120. The van der Waals surface area contributed by atoms with Gasteiger partial charge in [-0.3, -0.25) is 0 Å². The predicted molar refractivity (Wildman–Crippen MR) is 59.3 cm³/mol. The van der Waals surface area contributed by atoms with Gasteiger partial charge < -0.3 is 15.2 Å². The molecule has 0 spiro atoms. The highest BCUT2D eigenvalue weighted by Gasteiger charge is 2.19. The highest BCUT2D eigenvalue weighted by atomic mass is 16.5. The topological polar surface area (TPSA) is 44.5 Å². The van der Waals surface area contributed by atoms with Gasteiger partial charge >= 0.3 is 0 Å². The number of hydrogen-bond acceptors (Lipinski definition) is 3. The summed E-state index contributed by atoms with van der Waals surface area (Å²) in [7, 11) is 0. The van der Waals surface area contributed by atoms with E-state index in [1.807, 2.05) is 0 Å². The van der Waals surface area contributed by atoms with Gasteiger partial charge in [-0.05, 0) is 11.3 Å². The number of hydrogen-bond donors (Lipinski definition) is 1. The minimum absolute atomic E-state index is 0.318. The molecule has 86 valence electrons. The van der Waals surface area contributed by atoms with Crippen molar-refractivity contribution in [3.8, 4) is 0 Å². The van der Waals surface area contributed by atoms with E-state index < -0.39 is 0 Å². The molecule has 0 aliphatic rings. The fourth-order valence-corrected chi connectivity index (χ4v) is 0.813. The van der Waals surface area contributed by atoms with Crippen LogP contribution in [-0.4, -0.2) is 33.0 Å². The zero-order chi connectivity index (χ0) is 11.0. The van der Waals surface area contributed by atoms with Gasteiger partial charge in [0, 0.05) is 13.2 Å². The smallest absolute Gasteiger partial charge is 0.0701 e. The van der Waals surface area contributed by atoms with Gasteiger partial charge in [-0.15, -0.1) is 0 Å². The molecule has 0 fully saturated rings. The molecule has 0 saturated heterocycles. The summed E-state index contributed by atoms with van der Waals surface area (Å²) in [5.74, 6) is 0.567. The zero-order valence-corrected chi connectivity index (χ0v) is 10.0. The van der Waals surface area contributed by atoms with Crippen molar-refractivity contribution in [1.82, 2.24) is 0 Å². The van der Waals surface area contributed by atoms with E-state index in [1.165, 1.54) is 0 Å². The van der Waals surface area contributed by atoms with E-state index in [0.717, 1.165) is 6.61 Å². The van der Waals surface area contributed by atoms with Crippen LogP contribution in [0.5, 0.6) is 0 Å². The normalized spacial score (nSPS) is 14.4. The SMILES string of the molecule is C[C@H](COCCOCCN)C(C)(C)C. The van der Waals surface area contributed by atoms with Crippen LogP contribution in [0.1, 0.15) is 27.7 Å². The molecule has 0 aromatic heterocycles. The van der Waals surface area contributed by atoms with Gasteiger partial charge in [0.2, 0.25) is 0 Å². The fourth-order valence-electron chi connectivity index (χ4n) is 0.813. The standard InChI is InChI=1S/C11H25NO2/c1-10(11(2,3)4)9-14-8-7-13-6-5-12/h10H,5-9,12H2,1-4H3/t10-/m1/s1. The first-order valence-electron chi connectivity index (χ1n) is 5.34. The summed E-state index contributed by atoms with van der Waals surface area (Å²) in [5.41, 5.74) is 5.60. The summed E-state index contributed by atoms with van der Waals surface area (Å²) >= 11 is 0. The fraction of sp³-hybridized carbons (Fsp3) is 1.00. The average Bonchev–Trinajstić information content (AvgIpc) is 2.09. The van der Waals surface area contributed by atoms with E-state index in [2.05, 4.69) is 27.7 Å². The highest BCUT2D eigenvalue weighted by molar-refractivity contribution is 4.68. The van der Waals surface area contributed by atoms with Crippen LogP contribution >= 0.6 is 0 Å². The molecule has 1 atom stereocenters. The summed E-state index contributed by atoms with van der Waals surface area (Å²) in [5, 5.41) is 0. The first-order chi connectivity index (χ1) is 6.48. The largest absolute Gasteiger partial charge is 0.379 e. The molecule has 0 aliphatic carbocycles. The first-order valence-corrected chi connectivity index (χ1v) is 5.34.